The smallest absolute Gasteiger partial charge is 0.240 e. The minimum absolute atomic E-state index is 0.211. The van der Waals surface area contributed by atoms with E-state index in [1.165, 1.54) is 0 Å². The summed E-state index contributed by atoms with van der Waals surface area (Å²) in [6.07, 6.45) is 1.61. The molecule has 1 fully saturated rings. The van der Waals surface area contributed by atoms with Gasteiger partial charge < -0.3 is 5.32 Å². The lowest BCUT2D eigenvalue weighted by Gasteiger charge is -2.23. The summed E-state index contributed by atoms with van der Waals surface area (Å²) in [6, 6.07) is 2.34. The van der Waals surface area contributed by atoms with E-state index in [1.54, 1.807) is 0 Å². The zero-order valence-corrected chi connectivity index (χ0v) is 10.4. The van der Waals surface area contributed by atoms with Gasteiger partial charge in [-0.05, 0) is 37.6 Å². The Kier molecular flexibility index (Phi) is 3.94. The van der Waals surface area contributed by atoms with Gasteiger partial charge in [0.15, 0.2) is 11.6 Å². The Morgan fingerprint density at radius 3 is 2.67 bits per heavy atom. The van der Waals surface area contributed by atoms with E-state index in [4.69, 9.17) is 0 Å². The molecule has 0 aromatic heterocycles. The average Bonchev–Trinajstić information content (AvgIpc) is 2.33. The van der Waals surface area contributed by atoms with Gasteiger partial charge in [0, 0.05) is 12.6 Å². The summed E-state index contributed by atoms with van der Waals surface area (Å²) in [4.78, 5) is -0.257. The Labute approximate surface area is 104 Å². The molecule has 1 aliphatic rings. The molecule has 1 heterocycles. The normalized spacial score (nSPS) is 20.9. The molecule has 4 nitrogen and oxygen atoms in total. The molecule has 2 N–H and O–H groups in total. The number of piperidine rings is 1. The average molecular weight is 276 g/mol. The molecule has 1 aromatic rings. The van der Waals surface area contributed by atoms with Crippen LogP contribution in [0.25, 0.3) is 0 Å². The Bertz CT molecular complexity index is 528. The zero-order valence-electron chi connectivity index (χ0n) is 9.62. The van der Waals surface area contributed by atoms with E-state index >= 15 is 0 Å². The van der Waals surface area contributed by atoms with Gasteiger partial charge in [-0.2, -0.15) is 0 Å². The van der Waals surface area contributed by atoms with E-state index in [-0.39, 0.29) is 10.9 Å². The molecule has 100 valence electrons. The first-order chi connectivity index (χ1) is 8.49. The van der Waals surface area contributed by atoms with E-state index < -0.39 is 21.7 Å². The highest BCUT2D eigenvalue weighted by Gasteiger charge is 2.22. The van der Waals surface area contributed by atoms with Crippen LogP contribution in [0.3, 0.4) is 0 Å². The number of benzene rings is 1. The molecule has 0 radical (unpaired) electrons. The third-order valence-electron chi connectivity index (χ3n) is 2.82. The first-order valence-electron chi connectivity index (χ1n) is 5.67. The lowest BCUT2D eigenvalue weighted by Crippen LogP contribution is -2.45. The van der Waals surface area contributed by atoms with Crippen molar-refractivity contribution in [1.82, 2.24) is 10.0 Å². The second kappa shape index (κ2) is 5.29. The first kappa shape index (κ1) is 13.4. The summed E-state index contributed by atoms with van der Waals surface area (Å²) in [5.74, 6) is -2.23. The van der Waals surface area contributed by atoms with Gasteiger partial charge in [-0.15, -0.1) is 0 Å². The molecule has 0 spiro atoms. The van der Waals surface area contributed by atoms with E-state index in [2.05, 4.69) is 10.0 Å². The fraction of sp³-hybridized carbons (Fsp3) is 0.455. The van der Waals surface area contributed by atoms with E-state index in [0.717, 1.165) is 31.5 Å². The molecule has 1 aromatic carbocycles. The Balaban J connectivity index is 2.16. The van der Waals surface area contributed by atoms with Crippen LogP contribution in [-0.4, -0.2) is 27.5 Å². The van der Waals surface area contributed by atoms with Crippen molar-refractivity contribution in [3.05, 3.63) is 29.8 Å². The maximum atomic E-state index is 13.0. The van der Waals surface area contributed by atoms with E-state index in [1.807, 2.05) is 0 Å². The molecule has 0 amide bonds. The molecule has 2 rings (SSSR count). The molecule has 1 aliphatic heterocycles. The second-order valence-electron chi connectivity index (χ2n) is 4.24. The summed E-state index contributed by atoms with van der Waals surface area (Å²) in [6.45, 7) is 1.41. The predicted molar refractivity (Wildman–Crippen MR) is 62.6 cm³/mol. The maximum absolute atomic E-state index is 13.0. The van der Waals surface area contributed by atoms with Crippen molar-refractivity contribution >= 4 is 10.0 Å². The van der Waals surface area contributed by atoms with Gasteiger partial charge in [-0.25, -0.2) is 21.9 Å². The molecule has 0 unspecified atom stereocenters. The lowest BCUT2D eigenvalue weighted by molar-refractivity contribution is 0.428. The van der Waals surface area contributed by atoms with Crippen LogP contribution in [0.4, 0.5) is 8.78 Å². The van der Waals surface area contributed by atoms with Crippen LogP contribution in [0.15, 0.2) is 23.1 Å². The zero-order chi connectivity index (χ0) is 13.2. The fourth-order valence-corrected chi connectivity index (χ4v) is 3.17. The van der Waals surface area contributed by atoms with Gasteiger partial charge in [0.05, 0.1) is 4.90 Å². The standard InChI is InChI=1S/C11H14F2N2O2S/c12-10-4-3-9(6-11(10)13)18(16,17)15-8-2-1-5-14-7-8/h3-4,6,8,14-15H,1-2,5,7H2/t8-/m0/s1. The van der Waals surface area contributed by atoms with Gasteiger partial charge >= 0.3 is 0 Å². The Hall–Kier alpha value is -1.05. The molecular formula is C11H14F2N2O2S. The maximum Gasteiger partial charge on any atom is 0.240 e. The number of rotatable bonds is 3. The molecule has 0 saturated carbocycles. The van der Waals surface area contributed by atoms with Gasteiger partial charge in [0.1, 0.15) is 0 Å². The molecule has 1 saturated heterocycles. The summed E-state index contributed by atoms with van der Waals surface area (Å²) >= 11 is 0. The predicted octanol–water partition coefficient (Wildman–Crippen LogP) is 0.995. The topological polar surface area (TPSA) is 58.2 Å². The van der Waals surface area contributed by atoms with E-state index in [9.17, 15) is 17.2 Å². The number of hydrogen-bond donors (Lipinski definition) is 2. The monoisotopic (exact) mass is 276 g/mol. The fourth-order valence-electron chi connectivity index (χ4n) is 1.88. The molecule has 1 atom stereocenters. The van der Waals surface area contributed by atoms with Crippen LogP contribution in [-0.2, 0) is 10.0 Å². The van der Waals surface area contributed by atoms with Crippen LogP contribution < -0.4 is 10.0 Å². The van der Waals surface area contributed by atoms with Crippen LogP contribution in [0.1, 0.15) is 12.8 Å². The van der Waals surface area contributed by atoms with Crippen molar-refractivity contribution in [3.8, 4) is 0 Å². The number of sulfonamides is 1. The molecular weight excluding hydrogens is 262 g/mol. The number of hydrogen-bond acceptors (Lipinski definition) is 3. The van der Waals surface area contributed by atoms with Crippen LogP contribution in [0, 0.1) is 11.6 Å². The van der Waals surface area contributed by atoms with Crippen molar-refractivity contribution in [1.29, 1.82) is 0 Å². The lowest BCUT2D eigenvalue weighted by atomic mass is 10.1. The van der Waals surface area contributed by atoms with Gasteiger partial charge in [-0.3, -0.25) is 0 Å². The number of nitrogens with one attached hydrogen (secondary N) is 2. The van der Waals surface area contributed by atoms with Crippen LogP contribution in [0.5, 0.6) is 0 Å². The van der Waals surface area contributed by atoms with E-state index in [0.29, 0.717) is 12.6 Å². The van der Waals surface area contributed by atoms with Gasteiger partial charge in [-0.1, -0.05) is 0 Å². The summed E-state index contributed by atoms with van der Waals surface area (Å²) in [5.41, 5.74) is 0. The number of halogens is 2. The summed E-state index contributed by atoms with van der Waals surface area (Å²) < 4.78 is 52.1. The van der Waals surface area contributed by atoms with Crippen molar-refractivity contribution in [2.24, 2.45) is 0 Å². The van der Waals surface area contributed by atoms with Crippen LogP contribution in [0.2, 0.25) is 0 Å². The highest BCUT2D eigenvalue weighted by molar-refractivity contribution is 7.89. The molecule has 18 heavy (non-hydrogen) atoms. The Morgan fingerprint density at radius 2 is 2.06 bits per heavy atom. The highest BCUT2D eigenvalue weighted by Crippen LogP contribution is 2.15. The highest BCUT2D eigenvalue weighted by atomic mass is 32.2. The second-order valence-corrected chi connectivity index (χ2v) is 5.95. The largest absolute Gasteiger partial charge is 0.315 e. The summed E-state index contributed by atoms with van der Waals surface area (Å²) in [5, 5.41) is 3.07. The summed E-state index contributed by atoms with van der Waals surface area (Å²) in [7, 11) is -3.80. The molecule has 0 aliphatic carbocycles. The quantitative estimate of drug-likeness (QED) is 0.866. The molecule has 7 heteroatoms. The van der Waals surface area contributed by atoms with Crippen LogP contribution >= 0.6 is 0 Å². The van der Waals surface area contributed by atoms with Gasteiger partial charge in [0.25, 0.3) is 0 Å². The first-order valence-corrected chi connectivity index (χ1v) is 7.15. The molecule has 0 bridgehead atoms. The Morgan fingerprint density at radius 1 is 1.28 bits per heavy atom. The third kappa shape index (κ3) is 3.04. The van der Waals surface area contributed by atoms with Crippen molar-refractivity contribution in [2.45, 2.75) is 23.8 Å². The minimum atomic E-state index is -3.80. The van der Waals surface area contributed by atoms with Crippen molar-refractivity contribution < 1.29 is 17.2 Å². The minimum Gasteiger partial charge on any atom is -0.315 e. The van der Waals surface area contributed by atoms with Crippen molar-refractivity contribution in [3.63, 3.8) is 0 Å². The van der Waals surface area contributed by atoms with Gasteiger partial charge in [0.2, 0.25) is 10.0 Å². The van der Waals surface area contributed by atoms with Crippen molar-refractivity contribution in [2.75, 3.05) is 13.1 Å². The SMILES string of the molecule is O=S(=O)(N[C@H]1CCCNC1)c1ccc(F)c(F)c1. The third-order valence-corrected chi connectivity index (χ3v) is 4.34.